The van der Waals surface area contributed by atoms with Gasteiger partial charge in [0, 0.05) is 26.2 Å². The minimum atomic E-state index is -3.71. The van der Waals surface area contributed by atoms with E-state index in [1.54, 1.807) is 29.2 Å². The molecule has 4 rings (SSSR count). The number of carbonyl (C=O) groups excluding carboxylic acids is 1. The molecule has 176 valence electrons. The highest BCUT2D eigenvalue weighted by Gasteiger charge is 2.32. The van der Waals surface area contributed by atoms with Gasteiger partial charge in [-0.25, -0.2) is 12.8 Å². The van der Waals surface area contributed by atoms with Crippen LogP contribution in [0.15, 0.2) is 47.4 Å². The van der Waals surface area contributed by atoms with Crippen LogP contribution in [-0.4, -0.2) is 56.3 Å². The molecule has 0 atom stereocenters. The zero-order valence-electron chi connectivity index (χ0n) is 17.7. The number of aryl methyl sites for hydroxylation is 1. The van der Waals surface area contributed by atoms with Gasteiger partial charge in [-0.2, -0.15) is 13.1 Å². The smallest absolute Gasteiger partial charge is 0.387 e. The summed E-state index contributed by atoms with van der Waals surface area (Å²) in [6, 6.07) is 10.2. The third-order valence-corrected chi connectivity index (χ3v) is 7.86. The number of benzene rings is 2. The van der Waals surface area contributed by atoms with Crippen LogP contribution in [0, 0.1) is 5.82 Å². The van der Waals surface area contributed by atoms with E-state index in [2.05, 4.69) is 4.74 Å². The van der Waals surface area contributed by atoms with Crippen LogP contribution in [0.2, 0.25) is 0 Å². The number of hydrogen-bond acceptors (Lipinski definition) is 4. The van der Waals surface area contributed by atoms with E-state index in [9.17, 15) is 26.4 Å². The first-order valence-electron chi connectivity index (χ1n) is 10.5. The van der Waals surface area contributed by atoms with Crippen molar-refractivity contribution in [3.63, 3.8) is 0 Å². The quantitative estimate of drug-likeness (QED) is 0.636. The number of alkyl halides is 2. The van der Waals surface area contributed by atoms with Crippen molar-refractivity contribution in [1.82, 2.24) is 9.21 Å². The molecule has 0 radical (unpaired) electrons. The molecule has 1 aliphatic carbocycles. The number of carbonyl (C=O) groups is 1. The van der Waals surface area contributed by atoms with Gasteiger partial charge in [0.1, 0.15) is 11.6 Å². The molecule has 2 aromatic carbocycles. The molecule has 10 heteroatoms. The van der Waals surface area contributed by atoms with Crippen molar-refractivity contribution < 1.29 is 31.1 Å². The van der Waals surface area contributed by atoms with Gasteiger partial charge in [-0.05, 0) is 59.9 Å². The van der Waals surface area contributed by atoms with Gasteiger partial charge in [0.05, 0.1) is 11.3 Å². The molecule has 0 aromatic heterocycles. The number of ether oxygens (including phenoxy) is 1. The van der Waals surface area contributed by atoms with Gasteiger partial charge in [-0.1, -0.05) is 18.2 Å². The fourth-order valence-corrected chi connectivity index (χ4v) is 5.67. The van der Waals surface area contributed by atoms with Crippen LogP contribution in [-0.2, 0) is 27.7 Å². The maximum atomic E-state index is 13.2. The van der Waals surface area contributed by atoms with Crippen molar-refractivity contribution in [1.29, 1.82) is 0 Å². The first-order chi connectivity index (χ1) is 15.7. The molecule has 1 heterocycles. The fraction of sp³-hybridized carbons (Fsp3) is 0.348. The van der Waals surface area contributed by atoms with Gasteiger partial charge in [-0.3, -0.25) is 4.79 Å². The highest BCUT2D eigenvalue weighted by molar-refractivity contribution is 7.93. The molecule has 1 amide bonds. The Balaban J connectivity index is 1.39. The standard InChI is InChI=1S/C23H23F3N2O4S/c24-19-5-1-16(2-6-19)13-22(29)27-9-11-28(12-10-27)33(30,31)21-8-4-17-14-20(32-23(25)26)7-3-18(17)15-21/h1-3,5-7,14-15,23H,4,8-13H2. The molecule has 1 aliphatic heterocycles. The van der Waals surface area contributed by atoms with Crippen molar-refractivity contribution in [2.24, 2.45) is 0 Å². The second-order valence-electron chi connectivity index (χ2n) is 7.94. The number of allylic oxidation sites excluding steroid dienone is 1. The van der Waals surface area contributed by atoms with E-state index in [-0.39, 0.29) is 61.4 Å². The predicted octanol–water partition coefficient (Wildman–Crippen LogP) is 3.43. The van der Waals surface area contributed by atoms with Gasteiger partial charge in [0.15, 0.2) is 0 Å². The van der Waals surface area contributed by atoms with E-state index in [0.717, 1.165) is 5.56 Å². The number of piperazine rings is 1. The summed E-state index contributed by atoms with van der Waals surface area (Å²) >= 11 is 0. The van der Waals surface area contributed by atoms with Crippen LogP contribution in [0.25, 0.3) is 6.08 Å². The van der Waals surface area contributed by atoms with Crippen molar-refractivity contribution in [2.45, 2.75) is 25.9 Å². The highest BCUT2D eigenvalue weighted by Crippen LogP contribution is 2.32. The Hall–Kier alpha value is -2.85. The Morgan fingerprint density at radius 1 is 1.00 bits per heavy atom. The molecular weight excluding hydrogens is 457 g/mol. The molecule has 6 nitrogen and oxygen atoms in total. The van der Waals surface area contributed by atoms with Gasteiger partial charge >= 0.3 is 6.61 Å². The minimum absolute atomic E-state index is 0.0462. The lowest BCUT2D eigenvalue weighted by atomic mass is 9.97. The first kappa shape index (κ1) is 23.3. The van der Waals surface area contributed by atoms with Gasteiger partial charge in [-0.15, -0.1) is 0 Å². The zero-order valence-corrected chi connectivity index (χ0v) is 18.5. The molecule has 0 N–H and O–H groups in total. The highest BCUT2D eigenvalue weighted by atomic mass is 32.2. The number of fused-ring (bicyclic) bond motifs is 1. The summed E-state index contributed by atoms with van der Waals surface area (Å²) < 4.78 is 70.0. The molecule has 1 fully saturated rings. The number of amides is 1. The normalized spacial score (nSPS) is 17.0. The minimum Gasteiger partial charge on any atom is -0.435 e. The summed E-state index contributed by atoms with van der Waals surface area (Å²) in [6.45, 7) is -2.00. The van der Waals surface area contributed by atoms with Crippen LogP contribution >= 0.6 is 0 Å². The van der Waals surface area contributed by atoms with E-state index < -0.39 is 16.6 Å². The Bertz CT molecular complexity index is 1160. The van der Waals surface area contributed by atoms with Crippen molar-refractivity contribution in [3.8, 4) is 5.75 Å². The van der Waals surface area contributed by atoms with E-state index in [1.165, 1.54) is 28.6 Å². The van der Waals surface area contributed by atoms with Crippen molar-refractivity contribution >= 4 is 22.0 Å². The average molecular weight is 481 g/mol. The van der Waals surface area contributed by atoms with Crippen LogP contribution in [0.3, 0.4) is 0 Å². The van der Waals surface area contributed by atoms with Gasteiger partial charge < -0.3 is 9.64 Å². The molecule has 0 saturated carbocycles. The Morgan fingerprint density at radius 3 is 2.36 bits per heavy atom. The summed E-state index contributed by atoms with van der Waals surface area (Å²) in [5, 5.41) is 0. The summed E-state index contributed by atoms with van der Waals surface area (Å²) in [5.41, 5.74) is 2.11. The van der Waals surface area contributed by atoms with Gasteiger partial charge in [0.2, 0.25) is 15.9 Å². The van der Waals surface area contributed by atoms with Crippen LogP contribution < -0.4 is 4.74 Å². The number of nitrogens with zero attached hydrogens (tertiary/aromatic N) is 2. The maximum absolute atomic E-state index is 13.2. The van der Waals surface area contributed by atoms with Crippen LogP contribution in [0.1, 0.15) is 23.1 Å². The molecule has 0 unspecified atom stereocenters. The third-order valence-electron chi connectivity index (χ3n) is 5.83. The SMILES string of the molecule is O=C(Cc1ccc(F)cc1)N1CCN(S(=O)(=O)C2=Cc3ccc(OC(F)F)cc3CC2)CC1. The number of hydrogen-bond donors (Lipinski definition) is 0. The second-order valence-corrected chi connectivity index (χ2v) is 9.93. The van der Waals surface area contributed by atoms with Crippen LogP contribution in [0.5, 0.6) is 5.75 Å². The summed E-state index contributed by atoms with van der Waals surface area (Å²) in [6.07, 6.45) is 2.37. The first-order valence-corrected chi connectivity index (χ1v) is 12.0. The Labute approximate surface area is 190 Å². The van der Waals surface area contributed by atoms with E-state index >= 15 is 0 Å². The Morgan fingerprint density at radius 2 is 1.70 bits per heavy atom. The lowest BCUT2D eigenvalue weighted by molar-refractivity contribution is -0.131. The second kappa shape index (κ2) is 9.56. The number of halogens is 3. The molecular formula is C23H23F3N2O4S. The van der Waals surface area contributed by atoms with Crippen molar-refractivity contribution in [2.75, 3.05) is 26.2 Å². The third kappa shape index (κ3) is 5.39. The summed E-state index contributed by atoms with van der Waals surface area (Å²) in [4.78, 5) is 14.4. The van der Waals surface area contributed by atoms with Gasteiger partial charge in [0.25, 0.3) is 0 Å². The molecule has 33 heavy (non-hydrogen) atoms. The molecule has 2 aromatic rings. The largest absolute Gasteiger partial charge is 0.435 e. The topological polar surface area (TPSA) is 66.9 Å². The Kier molecular flexibility index (Phi) is 6.76. The predicted molar refractivity (Wildman–Crippen MR) is 117 cm³/mol. The average Bonchev–Trinajstić information content (AvgIpc) is 2.80. The monoisotopic (exact) mass is 480 g/mol. The maximum Gasteiger partial charge on any atom is 0.387 e. The zero-order chi connectivity index (χ0) is 23.6. The molecule has 0 bridgehead atoms. The molecule has 0 spiro atoms. The fourth-order valence-electron chi connectivity index (χ4n) is 4.05. The lowest BCUT2D eigenvalue weighted by Crippen LogP contribution is -2.51. The molecule has 1 saturated heterocycles. The summed E-state index contributed by atoms with van der Waals surface area (Å²) in [5.74, 6) is -0.456. The number of sulfonamides is 1. The van der Waals surface area contributed by atoms with Crippen molar-refractivity contribution in [3.05, 3.63) is 69.9 Å². The van der Waals surface area contributed by atoms with Crippen LogP contribution in [0.4, 0.5) is 13.2 Å². The lowest BCUT2D eigenvalue weighted by Gasteiger charge is -2.35. The number of rotatable bonds is 6. The van der Waals surface area contributed by atoms with E-state index in [1.807, 2.05) is 0 Å². The van der Waals surface area contributed by atoms with E-state index in [0.29, 0.717) is 17.5 Å². The van der Waals surface area contributed by atoms with E-state index in [4.69, 9.17) is 0 Å². The molecule has 2 aliphatic rings. The summed E-state index contributed by atoms with van der Waals surface area (Å²) in [7, 11) is -3.71.